The van der Waals surface area contributed by atoms with Gasteiger partial charge in [-0.05, 0) is 18.2 Å². The van der Waals surface area contributed by atoms with Crippen LogP contribution in [0.25, 0.3) is 0 Å². The van der Waals surface area contributed by atoms with Gasteiger partial charge >= 0.3 is 0 Å². The quantitative estimate of drug-likeness (QED) is 0.618. The van der Waals surface area contributed by atoms with E-state index in [-0.39, 0.29) is 0 Å². The van der Waals surface area contributed by atoms with E-state index in [1.807, 2.05) is 100 Å². The molecular formula is C16H28N6. The summed E-state index contributed by atoms with van der Waals surface area (Å²) in [6.45, 7) is 0. The highest BCUT2D eigenvalue weighted by atomic mass is 15.3. The first-order valence-electron chi connectivity index (χ1n) is 7.19. The Kier molecular flexibility index (Phi) is 6.22. The highest BCUT2D eigenvalue weighted by Crippen LogP contribution is 2.21. The Hall–Kier alpha value is -2.24. The molecule has 0 saturated heterocycles. The van der Waals surface area contributed by atoms with Crippen molar-refractivity contribution in [3.63, 3.8) is 0 Å². The molecule has 0 atom stereocenters. The number of nitrogens with zero attached hydrogens (tertiary/aromatic N) is 6. The van der Waals surface area contributed by atoms with Crippen molar-refractivity contribution in [2.24, 2.45) is 9.98 Å². The molecule has 0 fully saturated rings. The van der Waals surface area contributed by atoms with Gasteiger partial charge in [0.25, 0.3) is 0 Å². The van der Waals surface area contributed by atoms with Crippen molar-refractivity contribution in [2.45, 2.75) is 0 Å². The Balaban J connectivity index is 3.19. The lowest BCUT2D eigenvalue weighted by Gasteiger charge is -2.23. The van der Waals surface area contributed by atoms with E-state index in [0.717, 1.165) is 23.3 Å². The molecular weight excluding hydrogens is 276 g/mol. The molecule has 22 heavy (non-hydrogen) atoms. The first-order valence-corrected chi connectivity index (χ1v) is 7.19. The van der Waals surface area contributed by atoms with Gasteiger partial charge in [-0.2, -0.15) is 0 Å². The smallest absolute Gasteiger partial charge is 0.200 e. The molecule has 0 saturated carbocycles. The Labute approximate surface area is 134 Å². The van der Waals surface area contributed by atoms with Gasteiger partial charge in [-0.15, -0.1) is 0 Å². The molecule has 0 heterocycles. The topological polar surface area (TPSA) is 37.7 Å². The molecule has 0 radical (unpaired) electrons. The molecule has 0 amide bonds. The largest absolute Gasteiger partial charge is 0.349 e. The zero-order valence-corrected chi connectivity index (χ0v) is 15.0. The molecule has 0 aliphatic rings. The summed E-state index contributed by atoms with van der Waals surface area (Å²) >= 11 is 0. The Bertz CT molecular complexity index is 478. The van der Waals surface area contributed by atoms with Crippen LogP contribution in [0.3, 0.4) is 0 Å². The van der Waals surface area contributed by atoms with Crippen LogP contribution in [-0.2, 0) is 0 Å². The first-order chi connectivity index (χ1) is 10.2. The summed E-state index contributed by atoms with van der Waals surface area (Å²) in [7, 11) is 15.9. The second-order valence-corrected chi connectivity index (χ2v) is 5.92. The Morgan fingerprint density at radius 3 is 1.23 bits per heavy atom. The minimum absolute atomic E-state index is 0.885. The van der Waals surface area contributed by atoms with Gasteiger partial charge in [0.1, 0.15) is 0 Å². The fraction of sp³-hybridized carbons (Fsp3) is 0.500. The standard InChI is InChI=1S/C16H28N6/c1-19(2)15(20(3)4)17-13-10-9-11-14(12-13)18-16(21(5)6)22(7)8/h9-12H,1-8H3. The van der Waals surface area contributed by atoms with Crippen molar-refractivity contribution >= 4 is 23.3 Å². The van der Waals surface area contributed by atoms with Gasteiger partial charge in [0.2, 0.25) is 11.9 Å². The van der Waals surface area contributed by atoms with Crippen LogP contribution < -0.4 is 0 Å². The molecule has 1 rings (SSSR count). The molecule has 1 aromatic rings. The first kappa shape index (κ1) is 17.8. The zero-order chi connectivity index (χ0) is 16.9. The van der Waals surface area contributed by atoms with Crippen LogP contribution in [0.15, 0.2) is 34.3 Å². The molecule has 0 aliphatic carbocycles. The predicted molar refractivity (Wildman–Crippen MR) is 95.4 cm³/mol. The van der Waals surface area contributed by atoms with E-state index in [2.05, 4.69) is 9.98 Å². The number of aliphatic imine (C=N–C) groups is 2. The van der Waals surface area contributed by atoms with Crippen LogP contribution in [-0.4, -0.2) is 87.9 Å². The second kappa shape index (κ2) is 7.68. The normalized spacial score (nSPS) is 9.82. The van der Waals surface area contributed by atoms with E-state index < -0.39 is 0 Å². The van der Waals surface area contributed by atoms with Crippen LogP contribution >= 0.6 is 0 Å². The van der Waals surface area contributed by atoms with E-state index >= 15 is 0 Å². The summed E-state index contributed by atoms with van der Waals surface area (Å²) in [5, 5.41) is 0. The maximum absolute atomic E-state index is 4.69. The number of hydrogen-bond donors (Lipinski definition) is 0. The molecule has 0 bridgehead atoms. The van der Waals surface area contributed by atoms with Crippen LogP contribution in [0.1, 0.15) is 0 Å². The summed E-state index contributed by atoms with van der Waals surface area (Å²) in [5.74, 6) is 1.78. The molecule has 0 N–H and O–H groups in total. The third kappa shape index (κ3) is 4.95. The lowest BCUT2D eigenvalue weighted by atomic mass is 10.3. The van der Waals surface area contributed by atoms with Crippen molar-refractivity contribution < 1.29 is 0 Å². The number of hydrogen-bond acceptors (Lipinski definition) is 2. The molecule has 0 aliphatic heterocycles. The molecule has 0 unspecified atom stereocenters. The lowest BCUT2D eigenvalue weighted by Crippen LogP contribution is -2.35. The zero-order valence-electron chi connectivity index (χ0n) is 15.0. The van der Waals surface area contributed by atoms with Gasteiger partial charge in [-0.3, -0.25) is 0 Å². The van der Waals surface area contributed by atoms with Crippen LogP contribution in [0.5, 0.6) is 0 Å². The van der Waals surface area contributed by atoms with Gasteiger partial charge in [-0.1, -0.05) is 6.07 Å². The average molecular weight is 304 g/mol. The third-order valence-corrected chi connectivity index (χ3v) is 2.89. The SMILES string of the molecule is CN(C)C(=Nc1cccc(N=C(N(C)C)N(C)C)c1)N(C)C. The number of guanidine groups is 2. The van der Waals surface area contributed by atoms with E-state index in [1.165, 1.54) is 0 Å². The van der Waals surface area contributed by atoms with Crippen LogP contribution in [0, 0.1) is 0 Å². The van der Waals surface area contributed by atoms with E-state index in [0.29, 0.717) is 0 Å². The maximum Gasteiger partial charge on any atom is 0.200 e. The third-order valence-electron chi connectivity index (χ3n) is 2.89. The van der Waals surface area contributed by atoms with Crippen molar-refractivity contribution in [3.8, 4) is 0 Å². The highest BCUT2D eigenvalue weighted by Gasteiger charge is 2.07. The summed E-state index contributed by atoms with van der Waals surface area (Å²) < 4.78 is 0. The number of rotatable bonds is 2. The van der Waals surface area contributed by atoms with E-state index in [9.17, 15) is 0 Å². The summed E-state index contributed by atoms with van der Waals surface area (Å²) in [6.07, 6.45) is 0. The second-order valence-electron chi connectivity index (χ2n) is 5.92. The van der Waals surface area contributed by atoms with Crippen LogP contribution in [0.4, 0.5) is 11.4 Å². The monoisotopic (exact) mass is 304 g/mol. The van der Waals surface area contributed by atoms with Crippen LogP contribution in [0.2, 0.25) is 0 Å². The summed E-state index contributed by atoms with van der Waals surface area (Å²) in [5.41, 5.74) is 1.77. The van der Waals surface area contributed by atoms with E-state index in [1.54, 1.807) is 0 Å². The lowest BCUT2D eigenvalue weighted by molar-refractivity contribution is 0.484. The fourth-order valence-electron chi connectivity index (χ4n) is 2.06. The van der Waals surface area contributed by atoms with Crippen molar-refractivity contribution in [3.05, 3.63) is 24.3 Å². The highest BCUT2D eigenvalue weighted by molar-refractivity contribution is 5.84. The molecule has 6 nitrogen and oxygen atoms in total. The molecule has 0 spiro atoms. The van der Waals surface area contributed by atoms with Gasteiger partial charge < -0.3 is 19.6 Å². The molecule has 1 aromatic carbocycles. The van der Waals surface area contributed by atoms with Gasteiger partial charge in [0, 0.05) is 56.4 Å². The fourth-order valence-corrected chi connectivity index (χ4v) is 2.06. The summed E-state index contributed by atoms with van der Waals surface area (Å²) in [4.78, 5) is 17.3. The molecule has 6 heteroatoms. The maximum atomic E-state index is 4.69. The minimum Gasteiger partial charge on any atom is -0.349 e. The van der Waals surface area contributed by atoms with Gasteiger partial charge in [0.15, 0.2) is 0 Å². The van der Waals surface area contributed by atoms with E-state index in [4.69, 9.17) is 0 Å². The predicted octanol–water partition coefficient (Wildman–Crippen LogP) is 1.91. The molecule has 122 valence electrons. The molecule has 0 aromatic heterocycles. The Morgan fingerprint density at radius 2 is 0.955 bits per heavy atom. The van der Waals surface area contributed by atoms with Gasteiger partial charge in [0.05, 0.1) is 11.4 Å². The summed E-state index contributed by atoms with van der Waals surface area (Å²) in [6, 6.07) is 7.93. The van der Waals surface area contributed by atoms with Crippen molar-refractivity contribution in [1.82, 2.24) is 19.6 Å². The Morgan fingerprint density at radius 1 is 0.636 bits per heavy atom. The van der Waals surface area contributed by atoms with Crippen molar-refractivity contribution in [2.75, 3.05) is 56.4 Å². The van der Waals surface area contributed by atoms with Gasteiger partial charge in [-0.25, -0.2) is 9.98 Å². The number of benzene rings is 1. The van der Waals surface area contributed by atoms with Crippen molar-refractivity contribution in [1.29, 1.82) is 0 Å². The average Bonchev–Trinajstić information content (AvgIpc) is 2.41. The minimum atomic E-state index is 0.885.